The molecule has 102 valence electrons. The van der Waals surface area contributed by atoms with E-state index in [1.165, 1.54) is 17.7 Å². The van der Waals surface area contributed by atoms with Gasteiger partial charge in [0.1, 0.15) is 5.82 Å². The van der Waals surface area contributed by atoms with Crippen molar-refractivity contribution in [3.8, 4) is 6.07 Å². The topological polar surface area (TPSA) is 27.0 Å². The standard InChI is InChI=1S/C17H17FN2/c1-2-20(12-14-6-4-3-5-7-14)13-16-10-15(11-19)8-9-17(16)18/h3-10H,2,12-13H2,1H3. The zero-order valence-electron chi connectivity index (χ0n) is 11.5. The van der Waals surface area contributed by atoms with Crippen LogP contribution in [0.15, 0.2) is 48.5 Å². The lowest BCUT2D eigenvalue weighted by Crippen LogP contribution is -2.22. The molecule has 2 aromatic rings. The van der Waals surface area contributed by atoms with E-state index in [0.29, 0.717) is 17.7 Å². The fourth-order valence-electron chi connectivity index (χ4n) is 2.13. The maximum atomic E-state index is 13.8. The minimum Gasteiger partial charge on any atom is -0.295 e. The SMILES string of the molecule is CCN(Cc1ccccc1)Cc1cc(C#N)ccc1F. The van der Waals surface area contributed by atoms with E-state index in [0.717, 1.165) is 13.1 Å². The molecule has 0 radical (unpaired) electrons. The number of hydrogen-bond donors (Lipinski definition) is 0. The second kappa shape index (κ2) is 6.83. The van der Waals surface area contributed by atoms with Gasteiger partial charge < -0.3 is 0 Å². The molecule has 0 aliphatic heterocycles. The van der Waals surface area contributed by atoms with Crippen LogP contribution in [0, 0.1) is 17.1 Å². The predicted octanol–water partition coefficient (Wildman–Crippen LogP) is 3.72. The van der Waals surface area contributed by atoms with Crippen molar-refractivity contribution in [2.75, 3.05) is 6.54 Å². The predicted molar refractivity (Wildman–Crippen MR) is 77.3 cm³/mol. The highest BCUT2D eigenvalue weighted by Gasteiger charge is 2.09. The summed E-state index contributed by atoms with van der Waals surface area (Å²) in [5.41, 5.74) is 2.27. The molecule has 0 unspecified atom stereocenters. The molecule has 2 rings (SSSR count). The van der Waals surface area contributed by atoms with Gasteiger partial charge in [0.25, 0.3) is 0 Å². The molecule has 2 nitrogen and oxygen atoms in total. The maximum absolute atomic E-state index is 13.8. The molecule has 0 bridgehead atoms. The molecule has 0 heterocycles. The Morgan fingerprint density at radius 1 is 1.10 bits per heavy atom. The zero-order chi connectivity index (χ0) is 14.4. The van der Waals surface area contributed by atoms with E-state index in [4.69, 9.17) is 5.26 Å². The second-order valence-corrected chi connectivity index (χ2v) is 4.71. The van der Waals surface area contributed by atoms with Gasteiger partial charge >= 0.3 is 0 Å². The normalized spacial score (nSPS) is 10.5. The van der Waals surface area contributed by atoms with Crippen LogP contribution in [-0.2, 0) is 13.1 Å². The molecule has 0 aromatic heterocycles. The molecule has 0 saturated heterocycles. The Bertz CT molecular complexity index is 602. The van der Waals surface area contributed by atoms with E-state index in [1.807, 2.05) is 18.2 Å². The van der Waals surface area contributed by atoms with Crippen molar-refractivity contribution < 1.29 is 4.39 Å². The van der Waals surface area contributed by atoms with Crippen molar-refractivity contribution in [2.45, 2.75) is 20.0 Å². The number of nitriles is 1. The number of hydrogen-bond acceptors (Lipinski definition) is 2. The van der Waals surface area contributed by atoms with Gasteiger partial charge in [0.05, 0.1) is 11.6 Å². The summed E-state index contributed by atoms with van der Waals surface area (Å²) in [5, 5.41) is 8.89. The van der Waals surface area contributed by atoms with Crippen LogP contribution >= 0.6 is 0 Å². The summed E-state index contributed by atoms with van der Waals surface area (Å²) >= 11 is 0. The van der Waals surface area contributed by atoms with Gasteiger partial charge in [0.2, 0.25) is 0 Å². The van der Waals surface area contributed by atoms with Gasteiger partial charge in [-0.15, -0.1) is 0 Å². The largest absolute Gasteiger partial charge is 0.295 e. The highest BCUT2D eigenvalue weighted by Crippen LogP contribution is 2.14. The lowest BCUT2D eigenvalue weighted by atomic mass is 10.1. The first-order valence-electron chi connectivity index (χ1n) is 6.67. The average molecular weight is 268 g/mol. The highest BCUT2D eigenvalue weighted by molar-refractivity contribution is 5.33. The first-order valence-corrected chi connectivity index (χ1v) is 6.67. The lowest BCUT2D eigenvalue weighted by molar-refractivity contribution is 0.267. The molecule has 0 saturated carbocycles. The van der Waals surface area contributed by atoms with E-state index < -0.39 is 0 Å². The first kappa shape index (κ1) is 14.2. The quantitative estimate of drug-likeness (QED) is 0.826. The van der Waals surface area contributed by atoms with Crippen LogP contribution in [0.3, 0.4) is 0 Å². The molecule has 2 aromatic carbocycles. The summed E-state index contributed by atoms with van der Waals surface area (Å²) in [5.74, 6) is -0.254. The molecule has 0 aliphatic carbocycles. The summed E-state index contributed by atoms with van der Waals surface area (Å²) in [6, 6.07) is 16.7. The monoisotopic (exact) mass is 268 g/mol. The fourth-order valence-corrected chi connectivity index (χ4v) is 2.13. The third-order valence-corrected chi connectivity index (χ3v) is 3.26. The maximum Gasteiger partial charge on any atom is 0.127 e. The number of nitrogens with zero attached hydrogens (tertiary/aromatic N) is 2. The van der Waals surface area contributed by atoms with Crippen molar-refractivity contribution in [1.82, 2.24) is 4.90 Å². The average Bonchev–Trinajstić information content (AvgIpc) is 2.49. The number of rotatable bonds is 5. The van der Waals surface area contributed by atoms with Crippen molar-refractivity contribution in [1.29, 1.82) is 5.26 Å². The molecule has 0 N–H and O–H groups in total. The molecular formula is C17H17FN2. The Kier molecular flexibility index (Phi) is 4.86. The van der Waals surface area contributed by atoms with Gasteiger partial charge in [-0.3, -0.25) is 4.90 Å². The summed E-state index contributed by atoms with van der Waals surface area (Å²) in [6.07, 6.45) is 0. The summed E-state index contributed by atoms with van der Waals surface area (Å²) in [4.78, 5) is 2.15. The number of halogens is 1. The van der Waals surface area contributed by atoms with Crippen molar-refractivity contribution in [2.24, 2.45) is 0 Å². The summed E-state index contributed by atoms with van der Waals surface area (Å²) in [6.45, 7) is 4.15. The minimum absolute atomic E-state index is 0.254. The first-order chi connectivity index (χ1) is 9.72. The Morgan fingerprint density at radius 3 is 2.50 bits per heavy atom. The van der Waals surface area contributed by atoms with Crippen LogP contribution in [0.2, 0.25) is 0 Å². The zero-order valence-corrected chi connectivity index (χ0v) is 11.5. The van der Waals surface area contributed by atoms with E-state index in [9.17, 15) is 4.39 Å². The molecule has 0 amide bonds. The lowest BCUT2D eigenvalue weighted by Gasteiger charge is -2.21. The third-order valence-electron chi connectivity index (χ3n) is 3.26. The van der Waals surface area contributed by atoms with E-state index in [1.54, 1.807) is 6.07 Å². The number of benzene rings is 2. The highest BCUT2D eigenvalue weighted by atomic mass is 19.1. The van der Waals surface area contributed by atoms with E-state index >= 15 is 0 Å². The summed E-state index contributed by atoms with van der Waals surface area (Å²) < 4.78 is 13.8. The van der Waals surface area contributed by atoms with Crippen LogP contribution < -0.4 is 0 Å². The molecule has 0 fully saturated rings. The van der Waals surface area contributed by atoms with Crippen LogP contribution in [-0.4, -0.2) is 11.4 Å². The van der Waals surface area contributed by atoms with E-state index in [-0.39, 0.29) is 5.82 Å². The van der Waals surface area contributed by atoms with Gasteiger partial charge in [0, 0.05) is 18.7 Å². The van der Waals surface area contributed by atoms with Crippen LogP contribution in [0.1, 0.15) is 23.6 Å². The van der Waals surface area contributed by atoms with Crippen molar-refractivity contribution in [3.05, 3.63) is 71.0 Å². The Labute approximate surface area is 119 Å². The van der Waals surface area contributed by atoms with Gasteiger partial charge in [-0.05, 0) is 30.3 Å². The van der Waals surface area contributed by atoms with Crippen molar-refractivity contribution >= 4 is 0 Å². The van der Waals surface area contributed by atoms with Gasteiger partial charge in [-0.25, -0.2) is 4.39 Å². The van der Waals surface area contributed by atoms with Gasteiger partial charge in [-0.1, -0.05) is 37.3 Å². The second-order valence-electron chi connectivity index (χ2n) is 4.71. The van der Waals surface area contributed by atoms with Crippen LogP contribution in [0.5, 0.6) is 0 Å². The van der Waals surface area contributed by atoms with Gasteiger partial charge in [-0.2, -0.15) is 5.26 Å². The molecule has 3 heteroatoms. The third kappa shape index (κ3) is 3.66. The molecule has 0 aliphatic rings. The smallest absolute Gasteiger partial charge is 0.127 e. The fraction of sp³-hybridized carbons (Fsp3) is 0.235. The summed E-state index contributed by atoms with van der Waals surface area (Å²) in [7, 11) is 0. The Balaban J connectivity index is 2.12. The minimum atomic E-state index is -0.254. The van der Waals surface area contributed by atoms with Crippen LogP contribution in [0.25, 0.3) is 0 Å². The molecular weight excluding hydrogens is 251 g/mol. The molecule has 0 spiro atoms. The Hall–Kier alpha value is -2.18. The van der Waals surface area contributed by atoms with E-state index in [2.05, 4.69) is 30.0 Å². The van der Waals surface area contributed by atoms with Crippen LogP contribution in [0.4, 0.5) is 4.39 Å². The Morgan fingerprint density at radius 2 is 1.85 bits per heavy atom. The van der Waals surface area contributed by atoms with Crippen molar-refractivity contribution in [3.63, 3.8) is 0 Å². The van der Waals surface area contributed by atoms with Gasteiger partial charge in [0.15, 0.2) is 0 Å². The molecule has 20 heavy (non-hydrogen) atoms. The molecule has 0 atom stereocenters.